The second-order valence-electron chi connectivity index (χ2n) is 12.8. The van der Waals surface area contributed by atoms with Crippen LogP contribution >= 0.6 is 0 Å². The number of benzene rings is 6. The Balaban J connectivity index is 0.000000167. The molecule has 6 aromatic carbocycles. The van der Waals surface area contributed by atoms with Gasteiger partial charge in [-0.05, 0) is 115 Å². The van der Waals surface area contributed by atoms with Crippen LogP contribution in [0, 0.1) is 32.8 Å². The number of nitrogen functional groups attached to an aromatic ring is 1. The lowest BCUT2D eigenvalue weighted by atomic mass is 9.97. The van der Waals surface area contributed by atoms with E-state index in [4.69, 9.17) is 35.2 Å². The Morgan fingerprint density at radius 3 is 1.59 bits per heavy atom. The van der Waals surface area contributed by atoms with Crippen molar-refractivity contribution in [3.8, 4) is 46.6 Å². The summed E-state index contributed by atoms with van der Waals surface area (Å²) in [5, 5.41) is 29.1. The molecule has 0 amide bonds. The normalized spacial score (nSPS) is 15.2. The van der Waals surface area contributed by atoms with Gasteiger partial charge in [-0.15, -0.1) is 0 Å². The van der Waals surface area contributed by atoms with E-state index in [9.17, 15) is 10.1 Å². The number of rotatable bonds is 7. The van der Waals surface area contributed by atoms with Gasteiger partial charge in [0.05, 0.1) is 33.9 Å². The minimum Gasteiger partial charge on any atom is -0.485 e. The quantitative estimate of drug-likeness (QED) is 0.0966. The van der Waals surface area contributed by atoms with E-state index in [1.165, 1.54) is 23.8 Å². The zero-order chi connectivity index (χ0) is 37.4. The number of nitro benzene ring substituents is 1. The number of nitrogens with two attached hydrogens (primary N) is 1. The molecular formula is C44H34N4O6. The highest BCUT2D eigenvalue weighted by atomic mass is 16.6. The fourth-order valence-electron chi connectivity index (χ4n) is 6.44. The van der Waals surface area contributed by atoms with Gasteiger partial charge < -0.3 is 24.7 Å². The summed E-state index contributed by atoms with van der Waals surface area (Å²) >= 11 is 0. The van der Waals surface area contributed by atoms with Crippen LogP contribution < -0.4 is 24.7 Å². The van der Waals surface area contributed by atoms with E-state index in [-0.39, 0.29) is 29.2 Å². The predicted molar refractivity (Wildman–Crippen MR) is 203 cm³/mol. The summed E-state index contributed by atoms with van der Waals surface area (Å²) in [4.78, 5) is 10.7. The van der Waals surface area contributed by atoms with Gasteiger partial charge in [-0.25, -0.2) is 0 Å². The third kappa shape index (κ3) is 8.09. The molecule has 2 aliphatic heterocycles. The highest BCUT2D eigenvalue weighted by Crippen LogP contribution is 2.40. The fraction of sp³-hybridized carbons (Fsp3) is 0.136. The van der Waals surface area contributed by atoms with Crippen LogP contribution in [-0.2, 0) is 12.8 Å². The van der Waals surface area contributed by atoms with Crippen molar-refractivity contribution >= 4 is 11.4 Å². The molecular weight excluding hydrogens is 681 g/mol. The second-order valence-corrected chi connectivity index (χ2v) is 12.8. The first-order chi connectivity index (χ1) is 26.4. The van der Waals surface area contributed by atoms with Crippen molar-refractivity contribution < 1.29 is 23.9 Å². The van der Waals surface area contributed by atoms with E-state index in [0.717, 1.165) is 53.9 Å². The van der Waals surface area contributed by atoms with Crippen LogP contribution in [0.5, 0.6) is 34.5 Å². The average Bonchev–Trinajstić information content (AvgIpc) is 3.22. The number of fused-ring (bicyclic) bond motifs is 2. The predicted octanol–water partition coefficient (Wildman–Crippen LogP) is 10.3. The molecule has 0 saturated heterocycles. The molecule has 0 radical (unpaired) electrons. The first kappa shape index (κ1) is 35.1. The monoisotopic (exact) mass is 714 g/mol. The Hall–Kier alpha value is -7.30. The molecule has 2 aliphatic rings. The Kier molecular flexibility index (Phi) is 10.4. The average molecular weight is 715 g/mol. The van der Waals surface area contributed by atoms with Gasteiger partial charge in [0.15, 0.2) is 0 Å². The zero-order valence-corrected chi connectivity index (χ0v) is 29.1. The van der Waals surface area contributed by atoms with Crippen molar-refractivity contribution in [3.05, 3.63) is 177 Å². The topological polar surface area (TPSA) is 154 Å². The number of hydrogen-bond acceptors (Lipinski definition) is 9. The van der Waals surface area contributed by atoms with Crippen LogP contribution in [0.2, 0.25) is 0 Å². The molecule has 0 spiro atoms. The number of ether oxygens (including phenoxy) is 4. The van der Waals surface area contributed by atoms with Gasteiger partial charge in [0.1, 0.15) is 41.0 Å². The van der Waals surface area contributed by atoms with E-state index in [0.29, 0.717) is 28.5 Å². The molecule has 0 aromatic heterocycles. The Bertz CT molecular complexity index is 2390. The van der Waals surface area contributed by atoms with E-state index in [1.54, 1.807) is 24.3 Å². The number of anilines is 1. The van der Waals surface area contributed by atoms with Crippen LogP contribution in [-0.4, -0.2) is 4.92 Å². The standard InChI is InChI=1S/C22H16N2O4.C22H18N2O2/c23-14-15-6-9-22(19(12-15)24(25)26)27-18-8-11-21-17(13-18)7-10-20(28-21)16-4-2-1-3-5-16;23-14-15-6-9-22(19(24)12-15)25-18-8-11-21-17(13-18)7-10-20(26-21)16-4-2-1-3-5-16/h1-6,8-9,11-13,20H,7,10H2;1-6,8-9,11-13,20H,7,10,24H2. The molecule has 0 fully saturated rings. The number of nitro groups is 1. The fourth-order valence-corrected chi connectivity index (χ4v) is 6.44. The lowest BCUT2D eigenvalue weighted by Crippen LogP contribution is -2.15. The molecule has 8 rings (SSSR count). The molecule has 0 bridgehead atoms. The number of nitriles is 2. The van der Waals surface area contributed by atoms with Crippen molar-refractivity contribution in [3.63, 3.8) is 0 Å². The smallest absolute Gasteiger partial charge is 0.312 e. The SMILES string of the molecule is N#Cc1ccc(Oc2ccc3c(c2)CCC(c2ccccc2)O3)c(N)c1.N#Cc1ccc(Oc2ccc3c(c2)CCC(c2ccccc2)O3)c([N+](=O)[O-])c1. The van der Waals surface area contributed by atoms with Gasteiger partial charge in [0.25, 0.3) is 0 Å². The van der Waals surface area contributed by atoms with Crippen LogP contribution in [0.4, 0.5) is 11.4 Å². The van der Waals surface area contributed by atoms with Gasteiger partial charge in [-0.1, -0.05) is 60.7 Å². The minimum atomic E-state index is -0.553. The lowest BCUT2D eigenvalue weighted by molar-refractivity contribution is -0.385. The van der Waals surface area contributed by atoms with Gasteiger partial charge >= 0.3 is 5.69 Å². The van der Waals surface area contributed by atoms with Crippen molar-refractivity contribution in [1.82, 2.24) is 0 Å². The molecule has 266 valence electrons. The van der Waals surface area contributed by atoms with Crippen LogP contribution in [0.25, 0.3) is 0 Å². The van der Waals surface area contributed by atoms with Crippen LogP contribution in [0.1, 0.15) is 58.4 Å². The maximum absolute atomic E-state index is 11.3. The summed E-state index contributed by atoms with van der Waals surface area (Å²) in [7, 11) is 0. The summed E-state index contributed by atoms with van der Waals surface area (Å²) in [5.41, 5.74) is 11.4. The van der Waals surface area contributed by atoms with Crippen LogP contribution in [0.3, 0.4) is 0 Å². The van der Waals surface area contributed by atoms with Crippen molar-refractivity contribution in [2.75, 3.05) is 5.73 Å². The molecule has 0 aliphatic carbocycles. The van der Waals surface area contributed by atoms with E-state index in [1.807, 2.05) is 72.8 Å². The first-order valence-corrected chi connectivity index (χ1v) is 17.4. The summed E-state index contributed by atoms with van der Waals surface area (Å²) in [6.45, 7) is 0. The Morgan fingerprint density at radius 2 is 1.11 bits per heavy atom. The van der Waals surface area contributed by atoms with Crippen LogP contribution in [0.15, 0.2) is 133 Å². The number of hydrogen-bond donors (Lipinski definition) is 1. The zero-order valence-electron chi connectivity index (χ0n) is 29.1. The highest BCUT2D eigenvalue weighted by molar-refractivity contribution is 5.58. The molecule has 10 heteroatoms. The molecule has 2 unspecified atom stereocenters. The lowest BCUT2D eigenvalue weighted by Gasteiger charge is -2.26. The third-order valence-corrected chi connectivity index (χ3v) is 9.18. The van der Waals surface area contributed by atoms with Gasteiger partial charge in [0.2, 0.25) is 5.75 Å². The number of nitrogens with zero attached hydrogens (tertiary/aromatic N) is 3. The molecule has 54 heavy (non-hydrogen) atoms. The molecule has 10 nitrogen and oxygen atoms in total. The maximum atomic E-state index is 11.3. The maximum Gasteiger partial charge on any atom is 0.312 e. The highest BCUT2D eigenvalue weighted by Gasteiger charge is 2.24. The summed E-state index contributed by atoms with van der Waals surface area (Å²) < 4.78 is 23.9. The largest absolute Gasteiger partial charge is 0.485 e. The van der Waals surface area contributed by atoms with Crippen molar-refractivity contribution in [2.45, 2.75) is 37.9 Å². The Labute approximate surface area is 312 Å². The van der Waals surface area contributed by atoms with Crippen molar-refractivity contribution in [2.24, 2.45) is 0 Å². The summed E-state index contributed by atoms with van der Waals surface area (Å²) in [5.74, 6) is 3.54. The third-order valence-electron chi connectivity index (χ3n) is 9.18. The molecule has 2 atom stereocenters. The van der Waals surface area contributed by atoms with Gasteiger partial charge in [0, 0.05) is 6.07 Å². The molecule has 2 N–H and O–H groups in total. The second kappa shape index (κ2) is 15.9. The number of aryl methyl sites for hydroxylation is 2. The molecule has 6 aromatic rings. The summed E-state index contributed by atoms with van der Waals surface area (Å²) in [6, 6.07) is 44.7. The molecule has 0 saturated carbocycles. The van der Waals surface area contributed by atoms with E-state index >= 15 is 0 Å². The minimum absolute atomic E-state index is 0.0140. The van der Waals surface area contributed by atoms with E-state index in [2.05, 4.69) is 30.3 Å². The van der Waals surface area contributed by atoms with Gasteiger partial charge in [-0.2, -0.15) is 10.5 Å². The Morgan fingerprint density at radius 1 is 0.630 bits per heavy atom. The van der Waals surface area contributed by atoms with Gasteiger partial charge in [-0.3, -0.25) is 10.1 Å². The molecule has 2 heterocycles. The van der Waals surface area contributed by atoms with E-state index < -0.39 is 4.92 Å². The van der Waals surface area contributed by atoms with Crippen molar-refractivity contribution in [1.29, 1.82) is 10.5 Å². The first-order valence-electron chi connectivity index (χ1n) is 17.4. The summed E-state index contributed by atoms with van der Waals surface area (Å²) in [6.07, 6.45) is 3.62.